The summed E-state index contributed by atoms with van der Waals surface area (Å²) in [5.41, 5.74) is 2.42. The summed E-state index contributed by atoms with van der Waals surface area (Å²) in [4.78, 5) is 20.3. The van der Waals surface area contributed by atoms with E-state index in [1.54, 1.807) is 37.3 Å². The second-order valence-corrected chi connectivity index (χ2v) is 6.12. The van der Waals surface area contributed by atoms with Gasteiger partial charge in [-0.3, -0.25) is 9.78 Å². The highest BCUT2D eigenvalue weighted by Gasteiger charge is 2.13. The molecule has 0 unspecified atom stereocenters. The Bertz CT molecular complexity index is 946. The summed E-state index contributed by atoms with van der Waals surface area (Å²) in [5.74, 6) is -1.01. The van der Waals surface area contributed by atoms with E-state index in [-0.39, 0.29) is 5.91 Å². The van der Waals surface area contributed by atoms with Crippen molar-refractivity contribution in [3.8, 4) is 11.3 Å². The molecule has 2 aromatic heterocycles. The Labute approximate surface area is 153 Å². The molecule has 3 aromatic rings. The van der Waals surface area contributed by atoms with Gasteiger partial charge in [0, 0.05) is 17.4 Å². The van der Waals surface area contributed by atoms with Gasteiger partial charge in [0.2, 0.25) is 5.95 Å². The van der Waals surface area contributed by atoms with E-state index in [9.17, 15) is 9.18 Å². The van der Waals surface area contributed by atoms with Crippen LogP contribution >= 0.6 is 23.2 Å². The van der Waals surface area contributed by atoms with Crippen molar-refractivity contribution in [2.45, 2.75) is 6.92 Å². The van der Waals surface area contributed by atoms with Crippen molar-refractivity contribution in [1.82, 2.24) is 9.97 Å². The van der Waals surface area contributed by atoms with Crippen LogP contribution in [0.2, 0.25) is 10.0 Å². The van der Waals surface area contributed by atoms with Gasteiger partial charge in [-0.2, -0.15) is 4.39 Å². The minimum Gasteiger partial charge on any atom is -0.322 e. The number of aromatic nitrogens is 2. The van der Waals surface area contributed by atoms with Crippen LogP contribution in [0.3, 0.4) is 0 Å². The van der Waals surface area contributed by atoms with E-state index in [2.05, 4.69) is 15.3 Å². The first-order valence-electron chi connectivity index (χ1n) is 7.30. The zero-order chi connectivity index (χ0) is 18.0. The molecule has 0 saturated carbocycles. The van der Waals surface area contributed by atoms with Gasteiger partial charge in [0.25, 0.3) is 5.91 Å². The summed E-state index contributed by atoms with van der Waals surface area (Å²) in [7, 11) is 0. The highest BCUT2D eigenvalue weighted by molar-refractivity contribution is 6.33. The molecule has 0 aliphatic heterocycles. The van der Waals surface area contributed by atoms with Crippen molar-refractivity contribution in [3.05, 3.63) is 75.9 Å². The summed E-state index contributed by atoms with van der Waals surface area (Å²) < 4.78 is 13.1. The molecule has 25 heavy (non-hydrogen) atoms. The van der Waals surface area contributed by atoms with E-state index in [0.717, 1.165) is 6.07 Å². The summed E-state index contributed by atoms with van der Waals surface area (Å²) >= 11 is 12.1. The zero-order valence-electron chi connectivity index (χ0n) is 13.1. The minimum atomic E-state index is -0.628. The van der Waals surface area contributed by atoms with Gasteiger partial charge in [0.05, 0.1) is 27.0 Å². The van der Waals surface area contributed by atoms with Gasteiger partial charge in [-0.05, 0) is 49.4 Å². The van der Waals surface area contributed by atoms with Crippen molar-refractivity contribution in [1.29, 1.82) is 0 Å². The molecule has 7 heteroatoms. The van der Waals surface area contributed by atoms with E-state index >= 15 is 0 Å². The predicted molar refractivity (Wildman–Crippen MR) is 96.6 cm³/mol. The van der Waals surface area contributed by atoms with Crippen molar-refractivity contribution in [2.24, 2.45) is 0 Å². The number of amides is 1. The number of halogens is 3. The van der Waals surface area contributed by atoms with Crippen LogP contribution in [0.15, 0.2) is 48.7 Å². The molecule has 2 heterocycles. The maximum absolute atomic E-state index is 13.1. The summed E-state index contributed by atoms with van der Waals surface area (Å²) in [6.07, 6.45) is 1.52. The SMILES string of the molecule is Cc1nc(F)ccc1C(=O)Nc1ccc(Cl)c(-c2ccc(Cl)cn2)c1. The molecule has 0 saturated heterocycles. The Hall–Kier alpha value is -2.50. The largest absolute Gasteiger partial charge is 0.322 e. The molecule has 0 spiro atoms. The molecule has 0 aliphatic rings. The fraction of sp³-hybridized carbons (Fsp3) is 0.0556. The van der Waals surface area contributed by atoms with Crippen LogP contribution in [0, 0.1) is 12.9 Å². The van der Waals surface area contributed by atoms with Gasteiger partial charge < -0.3 is 5.32 Å². The third kappa shape index (κ3) is 3.95. The number of carbonyl (C=O) groups excluding carboxylic acids is 1. The molecular weight excluding hydrogens is 364 g/mol. The minimum absolute atomic E-state index is 0.294. The lowest BCUT2D eigenvalue weighted by atomic mass is 10.1. The predicted octanol–water partition coefficient (Wildman–Crippen LogP) is 5.15. The fourth-order valence-corrected chi connectivity index (χ4v) is 2.63. The monoisotopic (exact) mass is 375 g/mol. The number of hydrogen-bond acceptors (Lipinski definition) is 3. The number of benzene rings is 1. The van der Waals surface area contributed by atoms with Gasteiger partial charge in [0.15, 0.2) is 0 Å². The zero-order valence-corrected chi connectivity index (χ0v) is 14.6. The Morgan fingerprint density at radius 1 is 1.12 bits per heavy atom. The molecule has 3 rings (SSSR count). The lowest BCUT2D eigenvalue weighted by Crippen LogP contribution is -2.14. The lowest BCUT2D eigenvalue weighted by molar-refractivity contribution is 0.102. The smallest absolute Gasteiger partial charge is 0.257 e. The lowest BCUT2D eigenvalue weighted by Gasteiger charge is -2.10. The number of pyridine rings is 2. The standard InChI is InChI=1S/C18H12Cl2FN3O/c1-10-13(4-7-17(21)23-10)18(25)24-12-3-5-15(20)14(8-12)16-6-2-11(19)9-22-16/h2-9H,1H3,(H,24,25). The normalized spacial score (nSPS) is 10.6. The van der Waals surface area contributed by atoms with E-state index in [0.29, 0.717) is 38.2 Å². The Morgan fingerprint density at radius 3 is 2.60 bits per heavy atom. The van der Waals surface area contributed by atoms with Gasteiger partial charge in [-0.15, -0.1) is 0 Å². The third-order valence-corrected chi connectivity index (χ3v) is 4.08. The van der Waals surface area contributed by atoms with E-state index in [4.69, 9.17) is 23.2 Å². The molecule has 126 valence electrons. The number of aryl methyl sites for hydroxylation is 1. The topological polar surface area (TPSA) is 54.9 Å². The van der Waals surface area contributed by atoms with Crippen LogP contribution < -0.4 is 5.32 Å². The maximum Gasteiger partial charge on any atom is 0.257 e. The summed E-state index contributed by atoms with van der Waals surface area (Å²) in [5, 5.41) is 3.76. The van der Waals surface area contributed by atoms with Gasteiger partial charge in [0.1, 0.15) is 0 Å². The van der Waals surface area contributed by atoms with Crippen LogP contribution in [0.25, 0.3) is 11.3 Å². The summed E-state index contributed by atoms with van der Waals surface area (Å²) in [6.45, 7) is 1.57. The molecule has 0 fully saturated rings. The molecule has 0 bridgehead atoms. The van der Waals surface area contributed by atoms with Crippen molar-refractivity contribution >= 4 is 34.8 Å². The highest BCUT2D eigenvalue weighted by Crippen LogP contribution is 2.30. The average Bonchev–Trinajstić information content (AvgIpc) is 2.57. The Morgan fingerprint density at radius 2 is 1.92 bits per heavy atom. The highest BCUT2D eigenvalue weighted by atomic mass is 35.5. The number of anilines is 1. The molecule has 1 aromatic carbocycles. The van der Waals surface area contributed by atoms with Crippen LogP contribution in [-0.2, 0) is 0 Å². The second kappa shape index (κ2) is 7.17. The molecule has 0 radical (unpaired) electrons. The average molecular weight is 376 g/mol. The van der Waals surface area contributed by atoms with Crippen LogP contribution in [0.1, 0.15) is 16.1 Å². The fourth-order valence-electron chi connectivity index (χ4n) is 2.30. The van der Waals surface area contributed by atoms with Crippen molar-refractivity contribution in [3.63, 3.8) is 0 Å². The van der Waals surface area contributed by atoms with Crippen molar-refractivity contribution < 1.29 is 9.18 Å². The van der Waals surface area contributed by atoms with Gasteiger partial charge >= 0.3 is 0 Å². The third-order valence-electron chi connectivity index (χ3n) is 3.52. The van der Waals surface area contributed by atoms with Crippen LogP contribution in [-0.4, -0.2) is 15.9 Å². The van der Waals surface area contributed by atoms with Gasteiger partial charge in [-0.1, -0.05) is 23.2 Å². The van der Waals surface area contributed by atoms with Gasteiger partial charge in [-0.25, -0.2) is 4.98 Å². The number of hydrogen-bond donors (Lipinski definition) is 1. The quantitative estimate of drug-likeness (QED) is 0.644. The first-order valence-corrected chi connectivity index (χ1v) is 8.05. The second-order valence-electron chi connectivity index (χ2n) is 5.28. The first kappa shape index (κ1) is 17.3. The molecule has 1 N–H and O–H groups in total. The molecule has 0 atom stereocenters. The number of rotatable bonds is 3. The molecule has 0 aliphatic carbocycles. The maximum atomic E-state index is 13.1. The molecule has 1 amide bonds. The number of carbonyl (C=O) groups is 1. The van der Waals surface area contributed by atoms with Crippen LogP contribution in [0.4, 0.5) is 10.1 Å². The number of nitrogens with zero attached hydrogens (tertiary/aromatic N) is 2. The Kier molecular flexibility index (Phi) is 4.97. The van der Waals surface area contributed by atoms with E-state index in [1.165, 1.54) is 12.3 Å². The molecule has 4 nitrogen and oxygen atoms in total. The van der Waals surface area contributed by atoms with Crippen molar-refractivity contribution in [2.75, 3.05) is 5.32 Å². The Balaban J connectivity index is 1.89. The van der Waals surface area contributed by atoms with E-state index in [1.807, 2.05) is 0 Å². The van der Waals surface area contributed by atoms with Crippen LogP contribution in [0.5, 0.6) is 0 Å². The summed E-state index contributed by atoms with van der Waals surface area (Å²) in [6, 6.07) is 11.0. The number of nitrogens with one attached hydrogen (secondary N) is 1. The molecular formula is C18H12Cl2FN3O. The first-order chi connectivity index (χ1) is 11.9. The van der Waals surface area contributed by atoms with E-state index < -0.39 is 5.95 Å².